The highest BCUT2D eigenvalue weighted by Gasteiger charge is 2.08. The van der Waals surface area contributed by atoms with Gasteiger partial charge in [-0.1, -0.05) is 36.4 Å². The van der Waals surface area contributed by atoms with Gasteiger partial charge in [-0.3, -0.25) is 4.99 Å². The number of aryl methyl sites for hydroxylation is 2. The Hall–Kier alpha value is -3.48. The van der Waals surface area contributed by atoms with E-state index in [0.29, 0.717) is 19.0 Å². The van der Waals surface area contributed by atoms with Gasteiger partial charge in [-0.15, -0.1) is 0 Å². The summed E-state index contributed by atoms with van der Waals surface area (Å²) in [6.45, 7) is 4.10. The molecule has 1 unspecified atom stereocenters. The number of nitrogens with zero attached hydrogens (tertiary/aromatic N) is 3. The first-order valence-electron chi connectivity index (χ1n) is 10.5. The van der Waals surface area contributed by atoms with Crippen LogP contribution >= 0.6 is 0 Å². The molecular formula is C24H31N5O2. The van der Waals surface area contributed by atoms with Gasteiger partial charge in [0.15, 0.2) is 5.96 Å². The number of ether oxygens (including phenoxy) is 2. The molecule has 7 heteroatoms. The SMILES string of the molecule is CN=C(NCc1nccn1CCc1ccccc1)NCC(C)Oc1cccc(OC)c1. The summed E-state index contributed by atoms with van der Waals surface area (Å²) in [6.07, 6.45) is 4.78. The van der Waals surface area contributed by atoms with Crippen molar-refractivity contribution >= 4 is 5.96 Å². The van der Waals surface area contributed by atoms with Crippen molar-refractivity contribution in [3.05, 3.63) is 78.4 Å². The zero-order chi connectivity index (χ0) is 21.9. The quantitative estimate of drug-likeness (QED) is 0.388. The maximum atomic E-state index is 5.95. The minimum absolute atomic E-state index is 0.0430. The summed E-state index contributed by atoms with van der Waals surface area (Å²) in [5.74, 6) is 3.23. The molecule has 0 aliphatic carbocycles. The number of hydrogen-bond donors (Lipinski definition) is 2. The molecule has 0 radical (unpaired) electrons. The fraction of sp³-hybridized carbons (Fsp3) is 0.333. The number of methoxy groups -OCH3 is 1. The largest absolute Gasteiger partial charge is 0.497 e. The predicted molar refractivity (Wildman–Crippen MR) is 124 cm³/mol. The number of hydrogen-bond acceptors (Lipinski definition) is 4. The van der Waals surface area contributed by atoms with Gasteiger partial charge in [-0.25, -0.2) is 4.98 Å². The van der Waals surface area contributed by atoms with Crippen LogP contribution < -0.4 is 20.1 Å². The second-order valence-corrected chi connectivity index (χ2v) is 7.19. The van der Waals surface area contributed by atoms with Crippen molar-refractivity contribution in [3.8, 4) is 11.5 Å². The maximum absolute atomic E-state index is 5.95. The van der Waals surface area contributed by atoms with Crippen LogP contribution in [0.5, 0.6) is 11.5 Å². The Morgan fingerprint density at radius 1 is 1.10 bits per heavy atom. The molecule has 1 heterocycles. The van der Waals surface area contributed by atoms with Gasteiger partial charge in [-0.05, 0) is 31.0 Å². The summed E-state index contributed by atoms with van der Waals surface area (Å²) in [5, 5.41) is 6.63. The molecule has 164 valence electrons. The van der Waals surface area contributed by atoms with E-state index in [0.717, 1.165) is 30.3 Å². The van der Waals surface area contributed by atoms with Crippen LogP contribution in [0.4, 0.5) is 0 Å². The molecule has 31 heavy (non-hydrogen) atoms. The lowest BCUT2D eigenvalue weighted by molar-refractivity contribution is 0.223. The van der Waals surface area contributed by atoms with E-state index in [4.69, 9.17) is 9.47 Å². The van der Waals surface area contributed by atoms with E-state index in [9.17, 15) is 0 Å². The average Bonchev–Trinajstić information content (AvgIpc) is 3.26. The Balaban J connectivity index is 1.45. The van der Waals surface area contributed by atoms with Gasteiger partial charge >= 0.3 is 0 Å². The van der Waals surface area contributed by atoms with Crippen molar-refractivity contribution in [1.82, 2.24) is 20.2 Å². The number of benzene rings is 2. The Morgan fingerprint density at radius 3 is 2.68 bits per heavy atom. The van der Waals surface area contributed by atoms with E-state index in [-0.39, 0.29) is 6.10 Å². The van der Waals surface area contributed by atoms with Crippen LogP contribution in [0.2, 0.25) is 0 Å². The highest BCUT2D eigenvalue weighted by Crippen LogP contribution is 2.19. The maximum Gasteiger partial charge on any atom is 0.191 e. The van der Waals surface area contributed by atoms with Crippen molar-refractivity contribution in [2.45, 2.75) is 32.5 Å². The van der Waals surface area contributed by atoms with Crippen LogP contribution in [0.15, 0.2) is 72.0 Å². The Kier molecular flexibility index (Phi) is 8.34. The predicted octanol–water partition coefficient (Wildman–Crippen LogP) is 3.27. The number of guanidine groups is 1. The number of rotatable bonds is 10. The first-order chi connectivity index (χ1) is 15.2. The lowest BCUT2D eigenvalue weighted by Crippen LogP contribution is -2.41. The van der Waals surface area contributed by atoms with Crippen LogP contribution in [-0.2, 0) is 19.5 Å². The third-order valence-corrected chi connectivity index (χ3v) is 4.86. The van der Waals surface area contributed by atoms with Gasteiger partial charge in [0.1, 0.15) is 23.4 Å². The Labute approximate surface area is 184 Å². The Bertz CT molecular complexity index is 955. The minimum atomic E-state index is -0.0430. The third kappa shape index (κ3) is 7.06. The van der Waals surface area contributed by atoms with Gasteiger partial charge in [0, 0.05) is 32.1 Å². The second kappa shape index (κ2) is 11.6. The van der Waals surface area contributed by atoms with E-state index in [2.05, 4.69) is 49.4 Å². The topological polar surface area (TPSA) is 72.7 Å². The van der Waals surface area contributed by atoms with E-state index in [1.807, 2.05) is 49.6 Å². The molecule has 3 rings (SSSR count). The molecule has 0 aliphatic rings. The summed E-state index contributed by atoms with van der Waals surface area (Å²) in [5.41, 5.74) is 1.32. The van der Waals surface area contributed by atoms with Crippen LogP contribution in [0.1, 0.15) is 18.3 Å². The molecule has 0 bridgehead atoms. The molecule has 0 spiro atoms. The van der Waals surface area contributed by atoms with Crippen molar-refractivity contribution in [2.75, 3.05) is 20.7 Å². The molecule has 0 saturated carbocycles. The average molecular weight is 422 g/mol. The summed E-state index contributed by atoms with van der Waals surface area (Å²) in [7, 11) is 3.40. The monoisotopic (exact) mass is 421 g/mol. The van der Waals surface area contributed by atoms with Gasteiger partial charge in [-0.2, -0.15) is 0 Å². The summed E-state index contributed by atoms with van der Waals surface area (Å²) in [6, 6.07) is 18.1. The molecule has 7 nitrogen and oxygen atoms in total. The molecule has 3 aromatic rings. The van der Waals surface area contributed by atoms with Crippen LogP contribution in [-0.4, -0.2) is 42.3 Å². The first-order valence-corrected chi connectivity index (χ1v) is 10.5. The second-order valence-electron chi connectivity index (χ2n) is 7.19. The molecule has 2 aromatic carbocycles. The van der Waals surface area contributed by atoms with Crippen LogP contribution in [0.3, 0.4) is 0 Å². The van der Waals surface area contributed by atoms with Crippen LogP contribution in [0, 0.1) is 0 Å². The van der Waals surface area contributed by atoms with Crippen molar-refractivity contribution in [3.63, 3.8) is 0 Å². The summed E-state index contributed by atoms with van der Waals surface area (Å²) < 4.78 is 13.4. The number of aliphatic imine (C=N–C) groups is 1. The van der Waals surface area contributed by atoms with E-state index in [1.54, 1.807) is 14.2 Å². The van der Waals surface area contributed by atoms with Crippen LogP contribution in [0.25, 0.3) is 0 Å². The number of aromatic nitrogens is 2. The first kappa shape index (κ1) is 22.2. The zero-order valence-electron chi connectivity index (χ0n) is 18.4. The molecular weight excluding hydrogens is 390 g/mol. The minimum Gasteiger partial charge on any atom is -0.497 e. The molecule has 0 aliphatic heterocycles. The number of nitrogens with one attached hydrogen (secondary N) is 2. The van der Waals surface area contributed by atoms with Gasteiger partial charge in [0.25, 0.3) is 0 Å². The van der Waals surface area contributed by atoms with Crippen molar-refractivity contribution in [1.29, 1.82) is 0 Å². The van der Waals surface area contributed by atoms with Crippen molar-refractivity contribution < 1.29 is 9.47 Å². The third-order valence-electron chi connectivity index (χ3n) is 4.86. The summed E-state index contributed by atoms with van der Waals surface area (Å²) in [4.78, 5) is 8.78. The highest BCUT2D eigenvalue weighted by atomic mass is 16.5. The van der Waals surface area contributed by atoms with E-state index < -0.39 is 0 Å². The smallest absolute Gasteiger partial charge is 0.191 e. The molecule has 1 aromatic heterocycles. The zero-order valence-corrected chi connectivity index (χ0v) is 18.4. The summed E-state index contributed by atoms with van der Waals surface area (Å²) >= 11 is 0. The van der Waals surface area contributed by atoms with Crippen molar-refractivity contribution in [2.24, 2.45) is 4.99 Å². The Morgan fingerprint density at radius 2 is 1.90 bits per heavy atom. The number of imidazole rings is 1. The fourth-order valence-corrected chi connectivity index (χ4v) is 3.18. The molecule has 2 N–H and O–H groups in total. The highest BCUT2D eigenvalue weighted by molar-refractivity contribution is 5.79. The van der Waals surface area contributed by atoms with Gasteiger partial charge in [0.05, 0.1) is 20.2 Å². The molecule has 0 amide bonds. The lowest BCUT2D eigenvalue weighted by atomic mass is 10.1. The van der Waals surface area contributed by atoms with E-state index >= 15 is 0 Å². The van der Waals surface area contributed by atoms with Gasteiger partial charge in [0.2, 0.25) is 0 Å². The van der Waals surface area contributed by atoms with Gasteiger partial charge < -0.3 is 24.7 Å². The van der Waals surface area contributed by atoms with E-state index in [1.165, 1.54) is 5.56 Å². The molecule has 0 fully saturated rings. The fourth-order valence-electron chi connectivity index (χ4n) is 3.18. The molecule has 1 atom stereocenters. The normalized spacial score (nSPS) is 12.3. The standard InChI is InChI=1S/C24H31N5O2/c1-19(31-22-11-7-10-21(16-22)30-3)17-27-24(25-2)28-18-23-26-13-15-29(23)14-12-20-8-5-4-6-9-20/h4-11,13,15-16,19H,12,14,17-18H2,1-3H3,(H2,25,27,28). The molecule has 0 saturated heterocycles. The lowest BCUT2D eigenvalue weighted by Gasteiger charge is -2.18.